The predicted molar refractivity (Wildman–Crippen MR) is 66.0 cm³/mol. The second-order valence-corrected chi connectivity index (χ2v) is 5.19. The van der Waals surface area contributed by atoms with Crippen molar-refractivity contribution in [1.82, 2.24) is 0 Å². The molecule has 0 aliphatic heterocycles. The van der Waals surface area contributed by atoms with E-state index < -0.39 is 5.51 Å². The van der Waals surface area contributed by atoms with Crippen LogP contribution in [-0.4, -0.2) is 17.3 Å². The van der Waals surface area contributed by atoms with Gasteiger partial charge in [-0.05, 0) is 25.3 Å². The molecule has 0 radical (unpaired) electrons. The number of rotatable bonds is 5. The van der Waals surface area contributed by atoms with Gasteiger partial charge in [-0.2, -0.15) is 13.2 Å². The van der Waals surface area contributed by atoms with E-state index in [0.29, 0.717) is 12.8 Å². The third-order valence-corrected chi connectivity index (χ3v) is 3.14. The highest BCUT2D eigenvalue weighted by Gasteiger charge is 2.27. The van der Waals surface area contributed by atoms with E-state index in [1.54, 1.807) is 0 Å². The number of nitrogens with two attached hydrogens (primary N) is 1. The van der Waals surface area contributed by atoms with Crippen molar-refractivity contribution in [3.63, 3.8) is 0 Å². The third kappa shape index (κ3) is 6.58. The van der Waals surface area contributed by atoms with Crippen LogP contribution in [0, 0.1) is 6.92 Å². The van der Waals surface area contributed by atoms with Crippen LogP contribution >= 0.6 is 11.8 Å². The minimum Gasteiger partial charge on any atom is -0.327 e. The van der Waals surface area contributed by atoms with Crippen LogP contribution in [0.15, 0.2) is 24.3 Å². The molecule has 0 fully saturated rings. The van der Waals surface area contributed by atoms with Gasteiger partial charge in [-0.15, -0.1) is 0 Å². The normalized spacial score (nSPS) is 13.7. The first-order valence-electron chi connectivity index (χ1n) is 5.38. The fraction of sp³-hybridized carbons (Fsp3) is 0.500. The summed E-state index contributed by atoms with van der Waals surface area (Å²) in [5.41, 5.74) is 3.87. The first-order chi connectivity index (χ1) is 7.87. The van der Waals surface area contributed by atoms with Crippen molar-refractivity contribution in [3.05, 3.63) is 35.4 Å². The van der Waals surface area contributed by atoms with Gasteiger partial charge in [0, 0.05) is 11.8 Å². The van der Waals surface area contributed by atoms with E-state index in [2.05, 4.69) is 0 Å². The van der Waals surface area contributed by atoms with E-state index in [1.165, 1.54) is 0 Å². The molecule has 0 saturated carbocycles. The fourth-order valence-electron chi connectivity index (χ4n) is 1.46. The van der Waals surface area contributed by atoms with E-state index in [0.717, 1.165) is 11.1 Å². The smallest absolute Gasteiger partial charge is 0.327 e. The topological polar surface area (TPSA) is 26.0 Å². The molecule has 1 rings (SSSR count). The zero-order chi connectivity index (χ0) is 12.9. The molecule has 0 aliphatic rings. The van der Waals surface area contributed by atoms with Gasteiger partial charge in [0.1, 0.15) is 0 Å². The highest BCUT2D eigenvalue weighted by atomic mass is 32.2. The summed E-state index contributed by atoms with van der Waals surface area (Å²) >= 11 is -0.00509. The second kappa shape index (κ2) is 6.31. The molecule has 1 unspecified atom stereocenters. The first-order valence-corrected chi connectivity index (χ1v) is 6.37. The zero-order valence-electron chi connectivity index (χ0n) is 9.63. The van der Waals surface area contributed by atoms with Crippen LogP contribution in [0.1, 0.15) is 17.5 Å². The molecular weight excluding hydrogens is 247 g/mol. The lowest BCUT2D eigenvalue weighted by atomic mass is 10.0. The molecule has 1 nitrogen and oxygen atoms in total. The Kier molecular flexibility index (Phi) is 5.33. The maximum Gasteiger partial charge on any atom is 0.441 e. The summed E-state index contributed by atoms with van der Waals surface area (Å²) in [4.78, 5) is 0. The maximum atomic E-state index is 11.9. The summed E-state index contributed by atoms with van der Waals surface area (Å²) in [6, 6.07) is 7.67. The number of benzene rings is 1. The Morgan fingerprint density at radius 1 is 1.24 bits per heavy atom. The largest absolute Gasteiger partial charge is 0.441 e. The van der Waals surface area contributed by atoms with E-state index in [1.807, 2.05) is 31.2 Å². The summed E-state index contributed by atoms with van der Waals surface area (Å²) < 4.78 is 35.7. The van der Waals surface area contributed by atoms with E-state index in [9.17, 15) is 13.2 Å². The molecule has 0 bridgehead atoms. The minimum absolute atomic E-state index is 0.00509. The average molecular weight is 263 g/mol. The Bertz CT molecular complexity index is 335. The highest BCUT2D eigenvalue weighted by molar-refractivity contribution is 8.00. The Morgan fingerprint density at radius 2 is 1.82 bits per heavy atom. The minimum atomic E-state index is -4.15. The van der Waals surface area contributed by atoms with Gasteiger partial charge in [-0.1, -0.05) is 41.6 Å². The third-order valence-electron chi connectivity index (χ3n) is 2.37. The molecule has 0 spiro atoms. The second-order valence-electron chi connectivity index (χ2n) is 4.03. The Hall–Kier alpha value is -0.680. The highest BCUT2D eigenvalue weighted by Crippen LogP contribution is 2.30. The number of alkyl halides is 3. The number of thioether (sulfide) groups is 1. The van der Waals surface area contributed by atoms with Gasteiger partial charge in [-0.3, -0.25) is 0 Å². The van der Waals surface area contributed by atoms with Crippen LogP contribution in [0.5, 0.6) is 0 Å². The van der Waals surface area contributed by atoms with Crippen molar-refractivity contribution in [2.45, 2.75) is 31.3 Å². The van der Waals surface area contributed by atoms with Crippen molar-refractivity contribution in [2.75, 3.05) is 5.75 Å². The first kappa shape index (κ1) is 14.4. The van der Waals surface area contributed by atoms with E-state index in [4.69, 9.17) is 5.73 Å². The van der Waals surface area contributed by atoms with Crippen molar-refractivity contribution in [1.29, 1.82) is 0 Å². The number of halogens is 3. The van der Waals surface area contributed by atoms with Crippen molar-refractivity contribution in [2.24, 2.45) is 5.73 Å². The lowest BCUT2D eigenvalue weighted by Gasteiger charge is -2.12. The molecule has 0 heterocycles. The predicted octanol–water partition coefficient (Wildman–Crippen LogP) is 3.51. The average Bonchev–Trinajstić information content (AvgIpc) is 2.19. The molecule has 0 aromatic heterocycles. The summed E-state index contributed by atoms with van der Waals surface area (Å²) in [7, 11) is 0. The molecule has 2 N–H and O–H groups in total. The van der Waals surface area contributed by atoms with Gasteiger partial charge in [0.2, 0.25) is 0 Å². The van der Waals surface area contributed by atoms with E-state index in [-0.39, 0.29) is 23.6 Å². The summed E-state index contributed by atoms with van der Waals surface area (Å²) in [5.74, 6) is 0.0243. The van der Waals surface area contributed by atoms with Crippen molar-refractivity contribution in [3.8, 4) is 0 Å². The molecule has 0 amide bonds. The van der Waals surface area contributed by atoms with Crippen molar-refractivity contribution >= 4 is 11.8 Å². The Labute approximate surface area is 104 Å². The standard InChI is InChI=1S/C12H16F3NS/c1-9-2-4-10(5-3-9)8-11(16)6-7-17-12(13,14)15/h2-5,11H,6-8,16H2,1H3. The van der Waals surface area contributed by atoms with Gasteiger partial charge < -0.3 is 5.73 Å². The summed E-state index contributed by atoms with van der Waals surface area (Å²) in [6.07, 6.45) is 0.997. The van der Waals surface area contributed by atoms with Gasteiger partial charge in [0.15, 0.2) is 0 Å². The maximum absolute atomic E-state index is 11.9. The molecule has 0 saturated heterocycles. The van der Waals surface area contributed by atoms with Crippen molar-refractivity contribution < 1.29 is 13.2 Å². The molecular formula is C12H16F3NS. The molecule has 96 valence electrons. The SMILES string of the molecule is Cc1ccc(CC(N)CCSC(F)(F)F)cc1. The van der Waals surface area contributed by atoms with Gasteiger partial charge in [0.25, 0.3) is 0 Å². The lowest BCUT2D eigenvalue weighted by molar-refractivity contribution is -0.0328. The van der Waals surface area contributed by atoms with Crippen LogP contribution in [-0.2, 0) is 6.42 Å². The molecule has 17 heavy (non-hydrogen) atoms. The fourth-order valence-corrected chi connectivity index (χ4v) is 2.11. The lowest BCUT2D eigenvalue weighted by Crippen LogP contribution is -2.24. The molecule has 1 aromatic rings. The van der Waals surface area contributed by atoms with Crippen LogP contribution in [0.4, 0.5) is 13.2 Å². The molecule has 1 aromatic carbocycles. The van der Waals surface area contributed by atoms with Crippen LogP contribution < -0.4 is 5.73 Å². The quantitative estimate of drug-likeness (QED) is 0.879. The summed E-state index contributed by atoms with van der Waals surface area (Å²) in [5, 5.41) is 0. The Balaban J connectivity index is 2.30. The van der Waals surface area contributed by atoms with Crippen LogP contribution in [0.2, 0.25) is 0 Å². The van der Waals surface area contributed by atoms with Gasteiger partial charge in [-0.25, -0.2) is 0 Å². The monoisotopic (exact) mass is 263 g/mol. The molecule has 5 heteroatoms. The number of aryl methyl sites for hydroxylation is 1. The van der Waals surface area contributed by atoms with E-state index >= 15 is 0 Å². The van der Waals surface area contributed by atoms with Crippen LogP contribution in [0.25, 0.3) is 0 Å². The zero-order valence-corrected chi connectivity index (χ0v) is 10.4. The number of hydrogen-bond acceptors (Lipinski definition) is 2. The number of hydrogen-bond donors (Lipinski definition) is 1. The van der Waals surface area contributed by atoms with Gasteiger partial charge >= 0.3 is 5.51 Å². The summed E-state index contributed by atoms with van der Waals surface area (Å²) in [6.45, 7) is 1.99. The van der Waals surface area contributed by atoms with Crippen LogP contribution in [0.3, 0.4) is 0 Å². The Morgan fingerprint density at radius 3 is 2.35 bits per heavy atom. The molecule has 0 aliphatic carbocycles. The van der Waals surface area contributed by atoms with Gasteiger partial charge in [0.05, 0.1) is 0 Å². The molecule has 1 atom stereocenters.